The maximum absolute atomic E-state index is 11.9. The van der Waals surface area contributed by atoms with Crippen LogP contribution in [0.4, 0.5) is 13.2 Å². The quantitative estimate of drug-likeness (QED) is 0.870. The number of alkyl halides is 3. The molecule has 7 heteroatoms. The lowest BCUT2D eigenvalue weighted by molar-refractivity contribution is -0.276. The fourth-order valence-corrected chi connectivity index (χ4v) is 1.15. The van der Waals surface area contributed by atoms with Crippen molar-refractivity contribution in [1.82, 2.24) is 4.98 Å². The Labute approximate surface area is 89.6 Å². The maximum atomic E-state index is 11.9. The molecule has 1 N–H and O–H groups in total. The molecule has 0 radical (unpaired) electrons. The van der Waals surface area contributed by atoms with Gasteiger partial charge in [-0.2, -0.15) is 0 Å². The predicted molar refractivity (Wildman–Crippen MR) is 48.1 cm³/mol. The molecule has 0 bridgehead atoms. The van der Waals surface area contributed by atoms with Crippen molar-refractivity contribution in [3.8, 4) is 11.6 Å². The monoisotopic (exact) mass is 237 g/mol. The van der Waals surface area contributed by atoms with E-state index in [1.165, 1.54) is 7.11 Å². The van der Waals surface area contributed by atoms with Gasteiger partial charge in [0, 0.05) is 11.6 Å². The first-order valence-electron chi connectivity index (χ1n) is 4.28. The third-order valence-electron chi connectivity index (χ3n) is 1.89. The molecule has 1 heterocycles. The first-order valence-corrected chi connectivity index (χ1v) is 4.28. The SMILES string of the molecule is COc1cc(OC(F)(F)F)nc(CO)c1C. The second-order valence-corrected chi connectivity index (χ2v) is 2.94. The molecule has 0 spiro atoms. The van der Waals surface area contributed by atoms with Crippen LogP contribution in [0, 0.1) is 6.92 Å². The molecule has 0 aliphatic carbocycles. The van der Waals surface area contributed by atoms with Crippen molar-refractivity contribution < 1.29 is 27.8 Å². The molecule has 4 nitrogen and oxygen atoms in total. The van der Waals surface area contributed by atoms with Crippen molar-refractivity contribution in [2.75, 3.05) is 7.11 Å². The molecule has 1 aromatic heterocycles. The molecule has 0 aliphatic heterocycles. The van der Waals surface area contributed by atoms with Gasteiger partial charge in [-0.15, -0.1) is 13.2 Å². The molecule has 0 saturated heterocycles. The molecule has 0 atom stereocenters. The zero-order valence-corrected chi connectivity index (χ0v) is 8.63. The maximum Gasteiger partial charge on any atom is 0.574 e. The fourth-order valence-electron chi connectivity index (χ4n) is 1.15. The van der Waals surface area contributed by atoms with Gasteiger partial charge >= 0.3 is 6.36 Å². The summed E-state index contributed by atoms with van der Waals surface area (Å²) in [6, 6.07) is 1.02. The van der Waals surface area contributed by atoms with Crippen LogP contribution in [0.3, 0.4) is 0 Å². The van der Waals surface area contributed by atoms with Crippen molar-refractivity contribution in [1.29, 1.82) is 0 Å². The molecule has 0 aliphatic rings. The number of nitrogens with zero attached hydrogens (tertiary/aromatic N) is 1. The van der Waals surface area contributed by atoms with Gasteiger partial charge in [-0.05, 0) is 6.92 Å². The smallest absolute Gasteiger partial charge is 0.496 e. The zero-order valence-electron chi connectivity index (χ0n) is 8.63. The second-order valence-electron chi connectivity index (χ2n) is 2.94. The highest BCUT2D eigenvalue weighted by Gasteiger charge is 2.32. The van der Waals surface area contributed by atoms with Crippen molar-refractivity contribution in [2.45, 2.75) is 19.9 Å². The van der Waals surface area contributed by atoms with Crippen molar-refractivity contribution in [2.24, 2.45) is 0 Å². The third kappa shape index (κ3) is 2.99. The minimum absolute atomic E-state index is 0.0820. The van der Waals surface area contributed by atoms with E-state index in [1.807, 2.05) is 0 Å². The number of halogens is 3. The summed E-state index contributed by atoms with van der Waals surface area (Å²) in [6.07, 6.45) is -4.82. The van der Waals surface area contributed by atoms with E-state index in [0.717, 1.165) is 6.07 Å². The van der Waals surface area contributed by atoms with E-state index in [4.69, 9.17) is 9.84 Å². The Morgan fingerprint density at radius 1 is 1.44 bits per heavy atom. The van der Waals surface area contributed by atoms with Crippen molar-refractivity contribution >= 4 is 0 Å². The largest absolute Gasteiger partial charge is 0.574 e. The molecule has 0 saturated carbocycles. The van der Waals surface area contributed by atoms with Gasteiger partial charge in [0.25, 0.3) is 0 Å². The second kappa shape index (κ2) is 4.56. The van der Waals surface area contributed by atoms with Gasteiger partial charge < -0.3 is 14.6 Å². The lowest BCUT2D eigenvalue weighted by Crippen LogP contribution is -2.18. The Balaban J connectivity index is 3.12. The molecule has 1 aromatic rings. The van der Waals surface area contributed by atoms with Gasteiger partial charge in [-0.25, -0.2) is 4.98 Å². The molecule has 0 unspecified atom stereocenters. The predicted octanol–water partition coefficient (Wildman–Crippen LogP) is 1.79. The van der Waals surface area contributed by atoms with Crippen LogP contribution in [-0.4, -0.2) is 23.6 Å². The number of aromatic nitrogens is 1. The van der Waals surface area contributed by atoms with Gasteiger partial charge in [0.05, 0.1) is 19.4 Å². The van der Waals surface area contributed by atoms with Crippen LogP contribution in [0.25, 0.3) is 0 Å². The summed E-state index contributed by atoms with van der Waals surface area (Å²) in [6.45, 7) is 1.09. The van der Waals surface area contributed by atoms with Gasteiger partial charge in [0.15, 0.2) is 0 Å². The lowest BCUT2D eigenvalue weighted by atomic mass is 10.2. The van der Waals surface area contributed by atoms with Crippen molar-refractivity contribution in [3.63, 3.8) is 0 Å². The average molecular weight is 237 g/mol. The Kier molecular flexibility index (Phi) is 3.58. The number of rotatable bonds is 3. The highest BCUT2D eigenvalue weighted by molar-refractivity contribution is 5.39. The number of aliphatic hydroxyl groups excluding tert-OH is 1. The highest BCUT2D eigenvalue weighted by atomic mass is 19.4. The summed E-state index contributed by atoms with van der Waals surface area (Å²) in [4.78, 5) is 3.51. The van der Waals surface area contributed by atoms with Gasteiger partial charge in [0.2, 0.25) is 5.88 Å². The minimum atomic E-state index is -4.82. The molecule has 16 heavy (non-hydrogen) atoms. The Morgan fingerprint density at radius 2 is 2.06 bits per heavy atom. The highest BCUT2D eigenvalue weighted by Crippen LogP contribution is 2.28. The van der Waals surface area contributed by atoms with Crippen LogP contribution >= 0.6 is 0 Å². The molecule has 90 valence electrons. The van der Waals surface area contributed by atoms with E-state index < -0.39 is 18.8 Å². The van der Waals surface area contributed by atoms with Crippen LogP contribution in [0.5, 0.6) is 11.6 Å². The van der Waals surface area contributed by atoms with E-state index in [1.54, 1.807) is 6.92 Å². The Morgan fingerprint density at radius 3 is 2.50 bits per heavy atom. The third-order valence-corrected chi connectivity index (χ3v) is 1.89. The first kappa shape index (κ1) is 12.6. The van der Waals surface area contributed by atoms with Crippen molar-refractivity contribution in [3.05, 3.63) is 17.3 Å². The van der Waals surface area contributed by atoms with Gasteiger partial charge in [0.1, 0.15) is 5.75 Å². The van der Waals surface area contributed by atoms with E-state index in [9.17, 15) is 13.2 Å². The Hall–Kier alpha value is -1.50. The summed E-state index contributed by atoms with van der Waals surface area (Å²) in [5.74, 6) is -0.475. The van der Waals surface area contributed by atoms with E-state index >= 15 is 0 Å². The standard InChI is InChI=1S/C9H10F3NO3/c1-5-6(4-14)13-8(3-7(5)15-2)16-9(10,11)12/h3,14H,4H2,1-2H3. The number of hydrogen-bond donors (Lipinski definition) is 1. The average Bonchev–Trinajstić information content (AvgIpc) is 2.18. The fraction of sp³-hybridized carbons (Fsp3) is 0.444. The molecule has 0 amide bonds. The number of methoxy groups -OCH3 is 1. The summed E-state index contributed by atoms with van der Waals surface area (Å²) < 4.78 is 44.3. The molecule has 0 aromatic carbocycles. The minimum Gasteiger partial charge on any atom is -0.496 e. The van der Waals surface area contributed by atoms with E-state index in [2.05, 4.69) is 9.72 Å². The van der Waals surface area contributed by atoms with E-state index in [-0.39, 0.29) is 11.4 Å². The van der Waals surface area contributed by atoms with Crippen LogP contribution in [0.2, 0.25) is 0 Å². The summed E-state index contributed by atoms with van der Waals surface area (Å²) in [5, 5.41) is 8.91. The van der Waals surface area contributed by atoms with Gasteiger partial charge in [-0.3, -0.25) is 0 Å². The van der Waals surface area contributed by atoms with Crippen LogP contribution in [-0.2, 0) is 6.61 Å². The summed E-state index contributed by atoms with van der Waals surface area (Å²) in [7, 11) is 1.31. The normalized spacial score (nSPS) is 11.4. The first-order chi connectivity index (χ1) is 7.37. The van der Waals surface area contributed by atoms with E-state index in [0.29, 0.717) is 5.56 Å². The molecule has 1 rings (SSSR count). The molecular formula is C9H10F3NO3. The summed E-state index contributed by atoms with van der Waals surface area (Å²) >= 11 is 0. The lowest BCUT2D eigenvalue weighted by Gasteiger charge is -2.12. The Bertz CT molecular complexity index is 354. The molecule has 0 fully saturated rings. The van der Waals surface area contributed by atoms with Crippen LogP contribution < -0.4 is 9.47 Å². The van der Waals surface area contributed by atoms with Crippen LogP contribution in [0.15, 0.2) is 6.07 Å². The number of ether oxygens (including phenoxy) is 2. The number of hydrogen-bond acceptors (Lipinski definition) is 4. The van der Waals surface area contributed by atoms with Crippen LogP contribution in [0.1, 0.15) is 11.3 Å². The number of aliphatic hydroxyl groups is 1. The van der Waals surface area contributed by atoms with Gasteiger partial charge in [-0.1, -0.05) is 0 Å². The topological polar surface area (TPSA) is 51.6 Å². The summed E-state index contributed by atoms with van der Waals surface area (Å²) in [5.41, 5.74) is 0.554. The zero-order chi connectivity index (χ0) is 12.3. The number of pyridine rings is 1. The molecular weight excluding hydrogens is 227 g/mol.